The summed E-state index contributed by atoms with van der Waals surface area (Å²) < 4.78 is 29.1. The van der Waals surface area contributed by atoms with E-state index in [9.17, 15) is 4.39 Å². The molecular weight excluding hydrogens is 261 g/mol. The minimum Gasteiger partial charge on any atom is -0.491 e. The molecule has 1 aromatic rings. The van der Waals surface area contributed by atoms with Gasteiger partial charge in [0, 0.05) is 13.2 Å². The molecule has 1 aromatic carbocycles. The van der Waals surface area contributed by atoms with Crippen molar-refractivity contribution in [3.8, 4) is 5.75 Å². The first kappa shape index (κ1) is 16.9. The maximum atomic E-state index is 13.3. The second kappa shape index (κ2) is 9.69. The van der Waals surface area contributed by atoms with E-state index in [1.54, 1.807) is 13.2 Å². The molecule has 0 aliphatic heterocycles. The highest BCUT2D eigenvalue weighted by Crippen LogP contribution is 2.21. The molecule has 1 atom stereocenters. The van der Waals surface area contributed by atoms with E-state index >= 15 is 0 Å². The molecule has 0 fully saturated rings. The van der Waals surface area contributed by atoms with E-state index in [0.29, 0.717) is 38.6 Å². The van der Waals surface area contributed by atoms with Gasteiger partial charge in [-0.2, -0.15) is 0 Å². The monoisotopic (exact) mass is 285 g/mol. The van der Waals surface area contributed by atoms with Crippen LogP contribution in [0.1, 0.15) is 18.9 Å². The Morgan fingerprint density at radius 2 is 1.95 bits per heavy atom. The predicted molar refractivity (Wildman–Crippen MR) is 76.6 cm³/mol. The second-order valence-electron chi connectivity index (χ2n) is 4.58. The van der Waals surface area contributed by atoms with Gasteiger partial charge < -0.3 is 19.9 Å². The Labute approximate surface area is 120 Å². The Balaban J connectivity index is 2.47. The van der Waals surface area contributed by atoms with E-state index < -0.39 is 0 Å². The smallest absolute Gasteiger partial charge is 0.123 e. The van der Waals surface area contributed by atoms with E-state index in [0.717, 1.165) is 12.0 Å². The summed E-state index contributed by atoms with van der Waals surface area (Å²) in [7, 11) is 1.63. The lowest BCUT2D eigenvalue weighted by molar-refractivity contribution is 0.0542. The summed E-state index contributed by atoms with van der Waals surface area (Å²) in [5, 5.41) is 0. The lowest BCUT2D eigenvalue weighted by Crippen LogP contribution is -2.22. The van der Waals surface area contributed by atoms with Crippen LogP contribution in [0.2, 0.25) is 0 Å². The number of hydrogen-bond acceptors (Lipinski definition) is 4. The number of rotatable bonds is 10. The first-order chi connectivity index (χ1) is 9.67. The molecule has 0 heterocycles. The minimum atomic E-state index is -0.271. The molecule has 0 amide bonds. The molecule has 0 radical (unpaired) electrons. The average Bonchev–Trinajstić information content (AvgIpc) is 2.44. The number of methoxy groups -OCH3 is 1. The van der Waals surface area contributed by atoms with Crippen LogP contribution in [-0.2, 0) is 15.9 Å². The zero-order chi connectivity index (χ0) is 14.8. The van der Waals surface area contributed by atoms with Gasteiger partial charge in [-0.3, -0.25) is 0 Å². The molecule has 0 aromatic heterocycles. The highest BCUT2D eigenvalue weighted by atomic mass is 19.1. The third-order valence-electron chi connectivity index (χ3n) is 2.95. The first-order valence-corrected chi connectivity index (χ1v) is 6.90. The first-order valence-electron chi connectivity index (χ1n) is 6.90. The second-order valence-corrected chi connectivity index (χ2v) is 4.58. The van der Waals surface area contributed by atoms with Crippen LogP contribution in [0.3, 0.4) is 0 Å². The van der Waals surface area contributed by atoms with Crippen LogP contribution >= 0.6 is 0 Å². The third kappa shape index (κ3) is 6.32. The van der Waals surface area contributed by atoms with Crippen molar-refractivity contribution in [2.24, 2.45) is 5.73 Å². The van der Waals surface area contributed by atoms with Crippen molar-refractivity contribution < 1.29 is 18.6 Å². The molecule has 0 saturated carbocycles. The summed E-state index contributed by atoms with van der Waals surface area (Å²) in [5.74, 6) is 0.401. The summed E-state index contributed by atoms with van der Waals surface area (Å²) in [4.78, 5) is 0. The third-order valence-corrected chi connectivity index (χ3v) is 2.95. The van der Waals surface area contributed by atoms with Crippen molar-refractivity contribution in [2.45, 2.75) is 25.8 Å². The molecular formula is C15H24FNO3. The number of hydrogen-bond donors (Lipinski definition) is 1. The predicted octanol–water partition coefficient (Wildman–Crippen LogP) is 2.15. The molecule has 20 heavy (non-hydrogen) atoms. The Hall–Kier alpha value is -1.17. The van der Waals surface area contributed by atoms with Crippen molar-refractivity contribution in [1.29, 1.82) is 0 Å². The summed E-state index contributed by atoms with van der Waals surface area (Å²) >= 11 is 0. The fourth-order valence-electron chi connectivity index (χ4n) is 1.73. The summed E-state index contributed by atoms with van der Waals surface area (Å²) in [6.07, 6.45) is 1.45. The van der Waals surface area contributed by atoms with Crippen LogP contribution in [0.4, 0.5) is 4.39 Å². The molecule has 1 unspecified atom stereocenters. The normalized spacial score (nSPS) is 12.4. The molecule has 0 bridgehead atoms. The van der Waals surface area contributed by atoms with Crippen molar-refractivity contribution in [2.75, 3.05) is 33.5 Å². The number of nitrogens with two attached hydrogens (primary N) is 1. The summed E-state index contributed by atoms with van der Waals surface area (Å²) in [5.41, 5.74) is 6.72. The van der Waals surface area contributed by atoms with Gasteiger partial charge in [0.15, 0.2) is 0 Å². The van der Waals surface area contributed by atoms with Crippen molar-refractivity contribution in [1.82, 2.24) is 0 Å². The van der Waals surface area contributed by atoms with Crippen LogP contribution in [0.15, 0.2) is 18.2 Å². The van der Waals surface area contributed by atoms with Crippen molar-refractivity contribution in [3.05, 3.63) is 29.6 Å². The van der Waals surface area contributed by atoms with Crippen molar-refractivity contribution in [3.63, 3.8) is 0 Å². The van der Waals surface area contributed by atoms with E-state index in [-0.39, 0.29) is 11.9 Å². The Morgan fingerprint density at radius 3 is 2.65 bits per heavy atom. The molecule has 4 nitrogen and oxygen atoms in total. The van der Waals surface area contributed by atoms with Crippen molar-refractivity contribution >= 4 is 0 Å². The highest BCUT2D eigenvalue weighted by molar-refractivity contribution is 5.34. The van der Waals surface area contributed by atoms with E-state index in [1.165, 1.54) is 12.1 Å². The Bertz CT molecular complexity index is 387. The molecule has 0 saturated heterocycles. The van der Waals surface area contributed by atoms with Gasteiger partial charge in [0.2, 0.25) is 0 Å². The molecule has 0 aliphatic rings. The fourth-order valence-corrected chi connectivity index (χ4v) is 1.73. The van der Waals surface area contributed by atoms with Crippen LogP contribution in [0.5, 0.6) is 5.75 Å². The van der Waals surface area contributed by atoms with Gasteiger partial charge in [-0.15, -0.1) is 0 Å². The topological polar surface area (TPSA) is 53.7 Å². The van der Waals surface area contributed by atoms with Crippen LogP contribution in [0.25, 0.3) is 0 Å². The van der Waals surface area contributed by atoms with Gasteiger partial charge in [0.25, 0.3) is 0 Å². The van der Waals surface area contributed by atoms with Gasteiger partial charge >= 0.3 is 0 Å². The van der Waals surface area contributed by atoms with Gasteiger partial charge in [-0.05, 0) is 36.6 Å². The van der Waals surface area contributed by atoms with Crippen LogP contribution in [0, 0.1) is 5.82 Å². The molecule has 2 N–H and O–H groups in total. The standard InChI is InChI=1S/C15H24FNO3/c1-3-14(17)11-12-10-13(16)4-5-15(12)20-9-8-19-7-6-18-2/h4-5,10,14H,3,6-9,11,17H2,1-2H3. The minimum absolute atomic E-state index is 0.0112. The maximum absolute atomic E-state index is 13.3. The number of ether oxygens (including phenoxy) is 3. The van der Waals surface area contributed by atoms with Gasteiger partial charge in [0.1, 0.15) is 18.2 Å². The number of halogens is 1. The molecule has 114 valence electrons. The van der Waals surface area contributed by atoms with Gasteiger partial charge in [-0.25, -0.2) is 4.39 Å². The quantitative estimate of drug-likeness (QED) is 0.669. The Kier molecular flexibility index (Phi) is 8.18. The van der Waals surface area contributed by atoms with E-state index in [2.05, 4.69) is 0 Å². The van der Waals surface area contributed by atoms with Crippen LogP contribution < -0.4 is 10.5 Å². The van der Waals surface area contributed by atoms with E-state index in [4.69, 9.17) is 19.9 Å². The molecule has 0 spiro atoms. The summed E-state index contributed by atoms with van der Waals surface area (Å²) in [6, 6.07) is 4.53. The zero-order valence-electron chi connectivity index (χ0n) is 12.2. The lowest BCUT2D eigenvalue weighted by atomic mass is 10.0. The van der Waals surface area contributed by atoms with Gasteiger partial charge in [-0.1, -0.05) is 6.92 Å². The number of benzene rings is 1. The zero-order valence-corrected chi connectivity index (χ0v) is 12.2. The molecule has 0 aliphatic carbocycles. The SMILES string of the molecule is CCC(N)Cc1cc(F)ccc1OCCOCCOC. The fraction of sp³-hybridized carbons (Fsp3) is 0.600. The molecule has 1 rings (SSSR count). The summed E-state index contributed by atoms with van der Waals surface area (Å²) in [6.45, 7) is 4.00. The Morgan fingerprint density at radius 1 is 1.20 bits per heavy atom. The average molecular weight is 285 g/mol. The highest BCUT2D eigenvalue weighted by Gasteiger charge is 2.09. The van der Waals surface area contributed by atoms with Crippen LogP contribution in [-0.4, -0.2) is 39.6 Å². The maximum Gasteiger partial charge on any atom is 0.123 e. The lowest BCUT2D eigenvalue weighted by Gasteiger charge is -2.14. The van der Waals surface area contributed by atoms with Gasteiger partial charge in [0.05, 0.1) is 19.8 Å². The largest absolute Gasteiger partial charge is 0.491 e. The van der Waals surface area contributed by atoms with E-state index in [1.807, 2.05) is 6.92 Å². The molecule has 5 heteroatoms.